The van der Waals surface area contributed by atoms with Crippen LogP contribution in [-0.2, 0) is 4.89 Å². The normalized spacial score (nSPS) is 9.67. The Hall–Kier alpha value is -2.08. The molecule has 0 aliphatic carbocycles. The molecular weight excluding hydrogens is 204 g/mol. The van der Waals surface area contributed by atoms with Gasteiger partial charge in [0.25, 0.3) is 0 Å². The SMILES string of the molecule is COOc1cc(C(=O)O)cc(C(=O)O)c1. The molecule has 0 fully saturated rings. The minimum absolute atomic E-state index is 0.0230. The highest BCUT2D eigenvalue weighted by Gasteiger charge is 2.12. The van der Waals surface area contributed by atoms with E-state index in [1.807, 2.05) is 0 Å². The second-order valence-corrected chi connectivity index (χ2v) is 2.61. The first-order valence-electron chi connectivity index (χ1n) is 3.87. The maximum absolute atomic E-state index is 10.6. The third-order valence-corrected chi connectivity index (χ3v) is 1.58. The van der Waals surface area contributed by atoms with Crippen molar-refractivity contribution in [3.8, 4) is 5.75 Å². The van der Waals surface area contributed by atoms with Gasteiger partial charge in [0.05, 0.1) is 18.2 Å². The van der Waals surface area contributed by atoms with E-state index in [0.29, 0.717) is 0 Å². The number of carboxylic acids is 2. The van der Waals surface area contributed by atoms with Crippen LogP contribution >= 0.6 is 0 Å². The van der Waals surface area contributed by atoms with Crippen LogP contribution in [0.5, 0.6) is 5.75 Å². The minimum atomic E-state index is -1.24. The Morgan fingerprint density at radius 1 is 1.07 bits per heavy atom. The quantitative estimate of drug-likeness (QED) is 0.571. The summed E-state index contributed by atoms with van der Waals surface area (Å²) in [5.41, 5.74) is -0.357. The average molecular weight is 212 g/mol. The second kappa shape index (κ2) is 4.43. The number of aromatic carboxylic acids is 2. The molecule has 0 radical (unpaired) electrons. The number of hydrogen-bond acceptors (Lipinski definition) is 4. The van der Waals surface area contributed by atoms with Crippen LogP contribution in [-0.4, -0.2) is 29.3 Å². The summed E-state index contributed by atoms with van der Waals surface area (Å²) < 4.78 is 0. The molecule has 0 unspecified atom stereocenters. The van der Waals surface area contributed by atoms with Crippen LogP contribution in [0.2, 0.25) is 0 Å². The van der Waals surface area contributed by atoms with Gasteiger partial charge in [0.15, 0.2) is 5.75 Å². The van der Waals surface area contributed by atoms with Crippen LogP contribution in [0.15, 0.2) is 18.2 Å². The van der Waals surface area contributed by atoms with Gasteiger partial charge in [0, 0.05) is 0 Å². The molecule has 0 aromatic heterocycles. The summed E-state index contributed by atoms with van der Waals surface area (Å²) in [5.74, 6) is -2.45. The van der Waals surface area contributed by atoms with Gasteiger partial charge in [-0.2, -0.15) is 4.89 Å². The van der Waals surface area contributed by atoms with Gasteiger partial charge in [0.1, 0.15) is 0 Å². The van der Waals surface area contributed by atoms with Gasteiger partial charge in [-0.05, 0) is 18.2 Å². The van der Waals surface area contributed by atoms with E-state index in [-0.39, 0.29) is 16.9 Å². The molecule has 0 atom stereocenters. The predicted molar refractivity (Wildman–Crippen MR) is 48.0 cm³/mol. The third-order valence-electron chi connectivity index (χ3n) is 1.58. The lowest BCUT2D eigenvalue weighted by Crippen LogP contribution is -2.03. The van der Waals surface area contributed by atoms with Gasteiger partial charge in [-0.15, -0.1) is 0 Å². The predicted octanol–water partition coefficient (Wildman–Crippen LogP) is 1.02. The Balaban J connectivity index is 3.19. The lowest BCUT2D eigenvalue weighted by Gasteiger charge is -2.03. The number of benzene rings is 1. The van der Waals surface area contributed by atoms with E-state index in [1.54, 1.807) is 0 Å². The van der Waals surface area contributed by atoms with Crippen LogP contribution in [0.4, 0.5) is 0 Å². The third kappa shape index (κ3) is 2.68. The average Bonchev–Trinajstić information content (AvgIpc) is 2.17. The van der Waals surface area contributed by atoms with Crippen LogP contribution < -0.4 is 4.89 Å². The molecular formula is C9H8O6. The molecule has 6 nitrogen and oxygen atoms in total. The van der Waals surface area contributed by atoms with E-state index in [2.05, 4.69) is 9.78 Å². The topological polar surface area (TPSA) is 93.1 Å². The fourth-order valence-electron chi connectivity index (χ4n) is 0.990. The van der Waals surface area contributed by atoms with Crippen molar-refractivity contribution >= 4 is 11.9 Å². The first-order chi connectivity index (χ1) is 7.04. The monoisotopic (exact) mass is 212 g/mol. The summed E-state index contributed by atoms with van der Waals surface area (Å²) in [6.07, 6.45) is 0. The van der Waals surface area contributed by atoms with Crippen LogP contribution in [0.3, 0.4) is 0 Å². The molecule has 0 saturated carbocycles. The van der Waals surface area contributed by atoms with Gasteiger partial charge in [-0.1, -0.05) is 0 Å². The Labute approximate surface area is 84.6 Å². The highest BCUT2D eigenvalue weighted by molar-refractivity contribution is 5.94. The zero-order valence-electron chi connectivity index (χ0n) is 7.76. The zero-order chi connectivity index (χ0) is 11.4. The maximum Gasteiger partial charge on any atom is 0.335 e. The molecule has 80 valence electrons. The van der Waals surface area contributed by atoms with E-state index in [0.717, 1.165) is 18.2 Å². The Morgan fingerprint density at radius 3 is 1.87 bits per heavy atom. The van der Waals surface area contributed by atoms with Gasteiger partial charge in [-0.25, -0.2) is 9.59 Å². The first kappa shape index (κ1) is 11.0. The Morgan fingerprint density at radius 2 is 1.53 bits per heavy atom. The molecule has 0 aliphatic rings. The van der Waals surface area contributed by atoms with Crippen molar-refractivity contribution in [2.75, 3.05) is 7.11 Å². The van der Waals surface area contributed by atoms with Crippen LogP contribution in [0.1, 0.15) is 20.7 Å². The number of hydrogen-bond donors (Lipinski definition) is 2. The van der Waals surface area contributed by atoms with Crippen molar-refractivity contribution < 1.29 is 29.6 Å². The van der Waals surface area contributed by atoms with Gasteiger partial charge in [-0.3, -0.25) is 0 Å². The van der Waals surface area contributed by atoms with Crippen molar-refractivity contribution in [1.29, 1.82) is 0 Å². The number of carboxylic acid groups (broad SMARTS) is 2. The lowest BCUT2D eigenvalue weighted by atomic mass is 10.1. The minimum Gasteiger partial charge on any atom is -0.478 e. The fourth-order valence-corrected chi connectivity index (χ4v) is 0.990. The molecule has 1 aromatic carbocycles. The molecule has 1 rings (SSSR count). The summed E-state index contributed by atoms with van der Waals surface area (Å²) in [4.78, 5) is 30.2. The molecule has 2 N–H and O–H groups in total. The molecule has 15 heavy (non-hydrogen) atoms. The van der Waals surface area contributed by atoms with E-state index in [1.165, 1.54) is 7.11 Å². The Kier molecular flexibility index (Phi) is 3.25. The van der Waals surface area contributed by atoms with E-state index in [4.69, 9.17) is 10.2 Å². The lowest BCUT2D eigenvalue weighted by molar-refractivity contribution is -0.178. The summed E-state index contributed by atoms with van der Waals surface area (Å²) in [7, 11) is 1.23. The molecule has 0 bridgehead atoms. The first-order valence-corrected chi connectivity index (χ1v) is 3.87. The molecule has 0 spiro atoms. The summed E-state index contributed by atoms with van der Waals surface area (Å²) >= 11 is 0. The summed E-state index contributed by atoms with van der Waals surface area (Å²) in [6.45, 7) is 0. The molecule has 6 heteroatoms. The number of rotatable bonds is 4. The van der Waals surface area contributed by atoms with Crippen molar-refractivity contribution in [1.82, 2.24) is 0 Å². The van der Waals surface area contributed by atoms with Gasteiger partial charge < -0.3 is 15.1 Å². The highest BCUT2D eigenvalue weighted by atomic mass is 17.2. The number of carbonyl (C=O) groups is 2. The Bertz CT molecular complexity index is 365. The fraction of sp³-hybridized carbons (Fsp3) is 0.111. The summed E-state index contributed by atoms with van der Waals surface area (Å²) in [5, 5.41) is 17.4. The van der Waals surface area contributed by atoms with E-state index < -0.39 is 11.9 Å². The van der Waals surface area contributed by atoms with Crippen molar-refractivity contribution in [2.24, 2.45) is 0 Å². The standard InChI is InChI=1S/C9H8O6/c1-14-15-7-3-5(8(10)11)2-6(4-7)9(12)13/h2-4H,1H3,(H,10,11)(H,12,13). The van der Waals surface area contributed by atoms with Crippen LogP contribution in [0.25, 0.3) is 0 Å². The molecule has 0 aliphatic heterocycles. The molecule has 0 saturated heterocycles. The summed E-state index contributed by atoms with van der Waals surface area (Å²) in [6, 6.07) is 3.36. The van der Waals surface area contributed by atoms with E-state index >= 15 is 0 Å². The molecule has 0 heterocycles. The van der Waals surface area contributed by atoms with Gasteiger partial charge in [0.2, 0.25) is 0 Å². The van der Waals surface area contributed by atoms with Crippen molar-refractivity contribution in [3.63, 3.8) is 0 Å². The smallest absolute Gasteiger partial charge is 0.335 e. The van der Waals surface area contributed by atoms with Crippen molar-refractivity contribution in [2.45, 2.75) is 0 Å². The van der Waals surface area contributed by atoms with Gasteiger partial charge >= 0.3 is 11.9 Å². The molecule has 0 amide bonds. The molecule has 1 aromatic rings. The zero-order valence-corrected chi connectivity index (χ0v) is 7.76. The van der Waals surface area contributed by atoms with E-state index in [9.17, 15) is 9.59 Å². The largest absolute Gasteiger partial charge is 0.478 e. The van der Waals surface area contributed by atoms with Crippen LogP contribution in [0, 0.1) is 0 Å². The van der Waals surface area contributed by atoms with Crippen molar-refractivity contribution in [3.05, 3.63) is 29.3 Å². The maximum atomic E-state index is 10.6. The second-order valence-electron chi connectivity index (χ2n) is 2.61. The highest BCUT2D eigenvalue weighted by Crippen LogP contribution is 2.17.